The second kappa shape index (κ2) is 11.5. The molecule has 0 saturated heterocycles. The first-order valence-corrected chi connectivity index (χ1v) is 24.5. The maximum atomic E-state index is 2.73. The van der Waals surface area contributed by atoms with Gasteiger partial charge < -0.3 is 18.3 Å². The Morgan fingerprint density at radius 2 is 0.618 bits per heavy atom. The van der Waals surface area contributed by atoms with Crippen LogP contribution >= 0.6 is 0 Å². The normalized spacial score (nSPS) is 14.3. The van der Waals surface area contributed by atoms with Crippen LogP contribution in [-0.2, 0) is 10.8 Å². The molecule has 4 aliphatic heterocycles. The second-order valence-electron chi connectivity index (χ2n) is 22.4. The van der Waals surface area contributed by atoms with Crippen molar-refractivity contribution in [1.29, 1.82) is 0 Å². The van der Waals surface area contributed by atoms with Gasteiger partial charge in [0.15, 0.2) is 0 Å². The molecule has 68 heavy (non-hydrogen) atoms. The first kappa shape index (κ1) is 36.4. The Bertz CT molecular complexity index is 4300. The lowest BCUT2D eigenvalue weighted by atomic mass is 9.31. The van der Waals surface area contributed by atoms with E-state index in [1.807, 2.05) is 0 Å². The summed E-state index contributed by atoms with van der Waals surface area (Å²) in [6.45, 7) is 14.3. The first-order valence-electron chi connectivity index (χ1n) is 24.5. The summed E-state index contributed by atoms with van der Waals surface area (Å²) in [5.41, 5.74) is 26.7. The van der Waals surface area contributed by atoms with Crippen LogP contribution in [0.1, 0.15) is 52.7 Å². The van der Waals surface area contributed by atoms with Gasteiger partial charge in [0.1, 0.15) is 0 Å². The summed E-state index contributed by atoms with van der Waals surface area (Å²) in [5, 5.41) is 10.7. The third-order valence-corrected chi connectivity index (χ3v) is 17.0. The fraction of sp³-hybridized carbons (Fsp3) is 0.129. The first-order chi connectivity index (χ1) is 33.1. The highest BCUT2D eigenvalue weighted by Gasteiger charge is 2.48. The highest BCUT2D eigenvalue weighted by Crippen LogP contribution is 2.46. The van der Waals surface area contributed by atoms with Gasteiger partial charge in [0.2, 0.25) is 0 Å². The van der Waals surface area contributed by atoms with E-state index in [9.17, 15) is 0 Å². The highest BCUT2D eigenvalue weighted by atomic mass is 15.1. The van der Waals surface area contributed by atoms with Crippen LogP contribution in [0.15, 0.2) is 158 Å². The predicted octanol–water partition coefficient (Wildman–Crippen LogP) is 11.0. The van der Waals surface area contributed by atoms with Gasteiger partial charge in [-0.3, -0.25) is 0 Å². The van der Waals surface area contributed by atoms with Gasteiger partial charge in [-0.15, -0.1) is 0 Å². The van der Waals surface area contributed by atoms with E-state index < -0.39 is 0 Å². The third kappa shape index (κ3) is 3.95. The highest BCUT2D eigenvalue weighted by molar-refractivity contribution is 7.05. The molecular formula is C62H44B2N4. The van der Waals surface area contributed by atoms with Crippen LogP contribution in [0.5, 0.6) is 0 Å². The Labute approximate surface area is 393 Å². The molecule has 0 radical (unpaired) electrons. The zero-order valence-corrected chi connectivity index (χ0v) is 39.0. The molecule has 0 unspecified atom stereocenters. The third-order valence-electron chi connectivity index (χ3n) is 17.0. The molecule has 0 amide bonds. The molecule has 0 atom stereocenters. The van der Waals surface area contributed by atoms with E-state index in [0.29, 0.717) is 0 Å². The molecule has 8 heterocycles. The molecule has 0 spiro atoms. The summed E-state index contributed by atoms with van der Waals surface area (Å²) in [6.07, 6.45) is 0. The second-order valence-corrected chi connectivity index (χ2v) is 22.4. The van der Waals surface area contributed by atoms with Crippen LogP contribution in [0.25, 0.3) is 110 Å². The average molecular weight is 867 g/mol. The van der Waals surface area contributed by atoms with Gasteiger partial charge in [-0.2, -0.15) is 0 Å². The van der Waals surface area contributed by atoms with Crippen molar-refractivity contribution in [3.8, 4) is 22.7 Å². The molecule has 0 fully saturated rings. The van der Waals surface area contributed by atoms with Crippen LogP contribution in [0.4, 0.5) is 0 Å². The summed E-state index contributed by atoms with van der Waals surface area (Å²) in [6, 6.07) is 61.4. The lowest BCUT2D eigenvalue weighted by molar-refractivity contribution is 0.589. The lowest BCUT2D eigenvalue weighted by Crippen LogP contribution is -2.62. The van der Waals surface area contributed by atoms with Crippen LogP contribution in [-0.4, -0.2) is 31.7 Å². The summed E-state index contributed by atoms with van der Waals surface area (Å²) in [5.74, 6) is 0. The number of nitrogens with zero attached hydrogens (tertiary/aromatic N) is 4. The van der Waals surface area contributed by atoms with Crippen molar-refractivity contribution in [2.24, 2.45) is 0 Å². The zero-order valence-electron chi connectivity index (χ0n) is 39.0. The molecular weight excluding hydrogens is 822 g/mol. The van der Waals surface area contributed by atoms with Crippen LogP contribution in [0.2, 0.25) is 0 Å². The average Bonchev–Trinajstić information content (AvgIpc) is 4.08. The molecule has 4 aliphatic rings. The fourth-order valence-electron chi connectivity index (χ4n) is 14.2. The Kier molecular flexibility index (Phi) is 6.17. The van der Waals surface area contributed by atoms with E-state index in [4.69, 9.17) is 0 Å². The van der Waals surface area contributed by atoms with Crippen molar-refractivity contribution in [2.75, 3.05) is 0 Å². The monoisotopic (exact) mass is 866 g/mol. The Balaban J connectivity index is 1.16. The Hall–Kier alpha value is -7.69. The maximum absolute atomic E-state index is 2.73. The van der Waals surface area contributed by atoms with E-state index in [-0.39, 0.29) is 24.3 Å². The topological polar surface area (TPSA) is 19.7 Å². The van der Waals surface area contributed by atoms with Gasteiger partial charge in [-0.25, -0.2) is 0 Å². The van der Waals surface area contributed by atoms with E-state index in [1.165, 1.54) is 154 Å². The van der Waals surface area contributed by atoms with E-state index in [2.05, 4.69) is 218 Å². The number of hydrogen-bond acceptors (Lipinski definition) is 0. The molecule has 13 aromatic rings. The Morgan fingerprint density at radius 1 is 0.309 bits per heavy atom. The summed E-state index contributed by atoms with van der Waals surface area (Å²) >= 11 is 0. The Morgan fingerprint density at radius 3 is 0.985 bits per heavy atom. The van der Waals surface area contributed by atoms with Gasteiger partial charge in [0, 0.05) is 87.9 Å². The van der Waals surface area contributed by atoms with Crippen molar-refractivity contribution >= 4 is 133 Å². The van der Waals surface area contributed by atoms with Crippen molar-refractivity contribution in [1.82, 2.24) is 18.3 Å². The van der Waals surface area contributed by atoms with E-state index >= 15 is 0 Å². The summed E-state index contributed by atoms with van der Waals surface area (Å²) in [7, 11) is 0. The molecule has 0 aliphatic carbocycles. The van der Waals surface area contributed by atoms with Gasteiger partial charge in [0.25, 0.3) is 13.4 Å². The van der Waals surface area contributed by atoms with Gasteiger partial charge in [-0.1, -0.05) is 151 Å². The lowest BCUT2D eigenvalue weighted by Gasteiger charge is -2.38. The molecule has 17 rings (SSSR count). The van der Waals surface area contributed by atoms with Crippen LogP contribution in [0, 0.1) is 0 Å². The van der Waals surface area contributed by atoms with Crippen LogP contribution < -0.4 is 32.8 Å². The maximum Gasteiger partial charge on any atom is 0.253 e. The molecule has 9 aromatic carbocycles. The smallest absolute Gasteiger partial charge is 0.253 e. The number of benzene rings is 9. The number of para-hydroxylation sites is 6. The van der Waals surface area contributed by atoms with Gasteiger partial charge in [-0.05, 0) is 103 Å². The summed E-state index contributed by atoms with van der Waals surface area (Å²) < 4.78 is 10.7. The molecule has 4 aromatic heterocycles. The quantitative estimate of drug-likeness (QED) is 0.135. The minimum Gasteiger partial charge on any atom is -0.310 e. The van der Waals surface area contributed by atoms with Gasteiger partial charge in [0.05, 0.1) is 22.1 Å². The number of fused-ring (bicyclic) bond motifs is 22. The summed E-state index contributed by atoms with van der Waals surface area (Å²) in [4.78, 5) is 0. The standard InChI is InChI=1S/C62H44B2N4/c1-61(2,3)33-29-47-53-49(31-33)67-45-27-13-9-19-39(45)51-56-60-52(55(59(51)67)63(53)41-23-15-21-37-35-17-7-11-25-43(35)65(47)57(37)41)40-20-10-14-28-46(40)68(60)50-32-34(62(4,5)6)30-48-54(50)64(56)42-24-16-22-38-36-18-8-12-26-44(36)66(48)58(38)42/h7-32H,1-6H3. The number of aromatic nitrogens is 4. The van der Waals surface area contributed by atoms with E-state index in [1.54, 1.807) is 0 Å². The molecule has 0 bridgehead atoms. The molecule has 318 valence electrons. The SMILES string of the molecule is CC(C)(C)c1cc2c3c(c1)-n1c4ccccc4c4c5c6c(c(c41)B3c1cccc3c4ccccc4n-2c13)c1ccccc1n6-c1cc(C(C)(C)C)cc2c1B5c1cccc3c4ccccc4n-2c13. The van der Waals surface area contributed by atoms with Crippen molar-refractivity contribution in [3.05, 3.63) is 169 Å². The molecule has 0 N–H and O–H groups in total. The van der Waals surface area contributed by atoms with Gasteiger partial charge >= 0.3 is 0 Å². The molecule has 6 heteroatoms. The van der Waals surface area contributed by atoms with Crippen molar-refractivity contribution < 1.29 is 0 Å². The van der Waals surface area contributed by atoms with E-state index in [0.717, 1.165) is 0 Å². The largest absolute Gasteiger partial charge is 0.310 e. The predicted molar refractivity (Wildman–Crippen MR) is 291 cm³/mol. The van der Waals surface area contributed by atoms with Crippen molar-refractivity contribution in [2.45, 2.75) is 52.4 Å². The van der Waals surface area contributed by atoms with Crippen LogP contribution in [0.3, 0.4) is 0 Å². The minimum atomic E-state index is -0.0863. The number of rotatable bonds is 0. The molecule has 0 saturated carbocycles. The minimum absolute atomic E-state index is 0.00247. The number of hydrogen-bond donors (Lipinski definition) is 0. The molecule has 4 nitrogen and oxygen atoms in total. The fourth-order valence-corrected chi connectivity index (χ4v) is 14.2. The zero-order chi connectivity index (χ0) is 45.0. The van der Waals surface area contributed by atoms with Crippen molar-refractivity contribution in [3.63, 3.8) is 0 Å².